The second kappa shape index (κ2) is 8.92. The van der Waals surface area contributed by atoms with E-state index < -0.39 is 17.3 Å². The summed E-state index contributed by atoms with van der Waals surface area (Å²) in [5.41, 5.74) is 3.07. The first-order valence-electron chi connectivity index (χ1n) is 12.0. The van der Waals surface area contributed by atoms with E-state index in [9.17, 15) is 15.0 Å². The molecule has 4 atom stereocenters. The molecule has 2 N–H and O–H groups in total. The van der Waals surface area contributed by atoms with Gasteiger partial charge in [-0.3, -0.25) is 4.79 Å². The van der Waals surface area contributed by atoms with Crippen molar-refractivity contribution < 1.29 is 19.7 Å². The maximum absolute atomic E-state index is 11.6. The number of ether oxygens (including phenoxy) is 1. The van der Waals surface area contributed by atoms with Gasteiger partial charge < -0.3 is 19.5 Å². The van der Waals surface area contributed by atoms with Crippen LogP contribution in [-0.4, -0.2) is 44.5 Å². The van der Waals surface area contributed by atoms with Crippen LogP contribution >= 0.6 is 0 Å². The molecule has 174 valence electrons. The van der Waals surface area contributed by atoms with Gasteiger partial charge in [-0.15, -0.1) is 0 Å². The van der Waals surface area contributed by atoms with Gasteiger partial charge >= 0.3 is 5.97 Å². The molecule has 0 bridgehead atoms. The van der Waals surface area contributed by atoms with Crippen LogP contribution in [0.1, 0.15) is 50.6 Å². The van der Waals surface area contributed by atoms with Crippen molar-refractivity contribution in [3.8, 4) is 11.3 Å². The van der Waals surface area contributed by atoms with Gasteiger partial charge in [-0.05, 0) is 43.6 Å². The summed E-state index contributed by atoms with van der Waals surface area (Å²) in [5, 5.41) is 20.7. The van der Waals surface area contributed by atoms with Crippen LogP contribution in [0.3, 0.4) is 0 Å². The first kappa shape index (κ1) is 22.1. The SMILES string of the molecule is CC1(COC2CCC(C(O)CC3c4ccccc4-c4cncn43)CC2)C=CC=CC1C(=O)O. The Labute approximate surface area is 194 Å². The highest BCUT2D eigenvalue weighted by molar-refractivity contribution is 5.74. The smallest absolute Gasteiger partial charge is 0.311 e. The van der Waals surface area contributed by atoms with Crippen molar-refractivity contribution in [3.05, 3.63) is 66.7 Å². The van der Waals surface area contributed by atoms with E-state index in [2.05, 4.69) is 33.8 Å². The summed E-state index contributed by atoms with van der Waals surface area (Å²) >= 11 is 0. The Morgan fingerprint density at radius 2 is 2.03 bits per heavy atom. The van der Waals surface area contributed by atoms with Crippen LogP contribution in [0.5, 0.6) is 0 Å². The number of hydrogen-bond donors (Lipinski definition) is 2. The van der Waals surface area contributed by atoms with Gasteiger partial charge in [0.2, 0.25) is 0 Å². The monoisotopic (exact) mass is 448 g/mol. The number of aliphatic carboxylic acids is 1. The predicted molar refractivity (Wildman–Crippen MR) is 126 cm³/mol. The van der Waals surface area contributed by atoms with Crippen molar-refractivity contribution in [2.45, 2.75) is 57.3 Å². The molecule has 0 saturated heterocycles. The molecule has 0 spiro atoms. The van der Waals surface area contributed by atoms with Crippen LogP contribution in [0.2, 0.25) is 0 Å². The fourth-order valence-corrected chi connectivity index (χ4v) is 5.81. The number of benzene rings is 1. The summed E-state index contributed by atoms with van der Waals surface area (Å²) in [4.78, 5) is 16.0. The number of aliphatic hydroxyl groups is 1. The van der Waals surface area contributed by atoms with Gasteiger partial charge in [0.05, 0.1) is 49.0 Å². The van der Waals surface area contributed by atoms with E-state index in [-0.39, 0.29) is 24.2 Å². The molecule has 2 aliphatic carbocycles. The molecule has 6 heteroatoms. The van der Waals surface area contributed by atoms with Crippen molar-refractivity contribution in [3.63, 3.8) is 0 Å². The largest absolute Gasteiger partial charge is 0.481 e. The van der Waals surface area contributed by atoms with Crippen LogP contribution in [0.4, 0.5) is 0 Å². The number of carboxylic acids is 1. The molecule has 1 aromatic heterocycles. The fourth-order valence-electron chi connectivity index (χ4n) is 5.81. The number of carboxylic acid groups (broad SMARTS) is 1. The third-order valence-electron chi connectivity index (χ3n) is 7.82. The lowest BCUT2D eigenvalue weighted by molar-refractivity contribution is -0.145. The van der Waals surface area contributed by atoms with Crippen molar-refractivity contribution >= 4 is 5.97 Å². The molecule has 2 heterocycles. The van der Waals surface area contributed by atoms with E-state index in [1.54, 1.807) is 12.2 Å². The molecule has 0 amide bonds. The average Bonchev–Trinajstić information content (AvgIpc) is 3.41. The minimum Gasteiger partial charge on any atom is -0.481 e. The van der Waals surface area contributed by atoms with Gasteiger partial charge in [0.25, 0.3) is 0 Å². The Bertz CT molecular complexity index is 1070. The maximum atomic E-state index is 11.6. The minimum absolute atomic E-state index is 0.117. The molecule has 6 nitrogen and oxygen atoms in total. The van der Waals surface area contributed by atoms with Crippen LogP contribution in [-0.2, 0) is 9.53 Å². The molecule has 1 saturated carbocycles. The Kier molecular flexibility index (Phi) is 5.97. The Morgan fingerprint density at radius 1 is 1.24 bits per heavy atom. The highest BCUT2D eigenvalue weighted by Gasteiger charge is 2.38. The normalized spacial score (nSPS) is 31.2. The van der Waals surface area contributed by atoms with Gasteiger partial charge in [0.15, 0.2) is 0 Å². The Hall–Kier alpha value is -2.70. The fraction of sp³-hybridized carbons (Fsp3) is 0.481. The molecule has 1 fully saturated rings. The molecular formula is C27H32N2O4. The second-order valence-electron chi connectivity index (χ2n) is 10.0. The van der Waals surface area contributed by atoms with E-state index in [0.29, 0.717) is 13.0 Å². The zero-order valence-electron chi connectivity index (χ0n) is 19.0. The quantitative estimate of drug-likeness (QED) is 0.646. The average molecular weight is 449 g/mol. The number of carbonyl (C=O) groups is 1. The lowest BCUT2D eigenvalue weighted by atomic mass is 9.75. The van der Waals surface area contributed by atoms with Gasteiger partial charge in [0.1, 0.15) is 0 Å². The van der Waals surface area contributed by atoms with Crippen molar-refractivity contribution in [1.29, 1.82) is 0 Å². The summed E-state index contributed by atoms with van der Waals surface area (Å²) in [6, 6.07) is 8.53. The zero-order chi connectivity index (χ0) is 23.0. The number of aromatic nitrogens is 2. The van der Waals surface area contributed by atoms with Gasteiger partial charge in [-0.2, -0.15) is 0 Å². The highest BCUT2D eigenvalue weighted by Crippen LogP contribution is 2.43. The number of aliphatic hydroxyl groups excluding tert-OH is 1. The zero-order valence-corrected chi connectivity index (χ0v) is 19.0. The highest BCUT2D eigenvalue weighted by atomic mass is 16.5. The molecule has 4 unspecified atom stereocenters. The second-order valence-corrected chi connectivity index (χ2v) is 10.0. The van der Waals surface area contributed by atoms with Crippen LogP contribution < -0.4 is 0 Å². The summed E-state index contributed by atoms with van der Waals surface area (Å²) in [6.07, 6.45) is 15.2. The topological polar surface area (TPSA) is 84.6 Å². The summed E-state index contributed by atoms with van der Waals surface area (Å²) in [5.74, 6) is -1.13. The van der Waals surface area contributed by atoms with E-state index in [1.165, 1.54) is 11.1 Å². The van der Waals surface area contributed by atoms with E-state index in [0.717, 1.165) is 31.4 Å². The third kappa shape index (κ3) is 4.18. The minimum atomic E-state index is -0.817. The molecule has 33 heavy (non-hydrogen) atoms. The molecule has 0 radical (unpaired) electrons. The molecule has 3 aliphatic rings. The number of allylic oxidation sites excluding steroid dienone is 2. The number of hydrogen-bond acceptors (Lipinski definition) is 4. The van der Waals surface area contributed by atoms with Crippen molar-refractivity contribution in [2.24, 2.45) is 17.3 Å². The Morgan fingerprint density at radius 3 is 2.82 bits per heavy atom. The van der Waals surface area contributed by atoms with Crippen molar-refractivity contribution in [2.75, 3.05) is 6.61 Å². The molecule has 1 aliphatic heterocycles. The number of nitrogens with zero attached hydrogens (tertiary/aromatic N) is 2. The van der Waals surface area contributed by atoms with Crippen LogP contribution in [0.15, 0.2) is 61.1 Å². The van der Waals surface area contributed by atoms with Gasteiger partial charge in [-0.25, -0.2) is 4.98 Å². The standard InChI is InChI=1S/C27H32N2O4/c1-27(13-5-4-8-22(27)26(31)32)16-33-19-11-9-18(10-12-19)25(30)14-23-20-6-2-3-7-21(20)24-15-28-17-29(23)24/h2-8,13,15,17-19,22-23,25,30H,9-12,14,16H2,1H3,(H,31,32). The summed E-state index contributed by atoms with van der Waals surface area (Å²) in [6.45, 7) is 2.34. The van der Waals surface area contributed by atoms with Crippen molar-refractivity contribution in [1.82, 2.24) is 9.55 Å². The number of fused-ring (bicyclic) bond motifs is 3. The van der Waals surface area contributed by atoms with E-state index in [4.69, 9.17) is 4.74 Å². The Balaban J connectivity index is 1.16. The summed E-state index contributed by atoms with van der Waals surface area (Å²) in [7, 11) is 0. The molecule has 5 rings (SSSR count). The number of rotatable bonds is 7. The third-order valence-corrected chi connectivity index (χ3v) is 7.82. The molecular weight excluding hydrogens is 416 g/mol. The lowest BCUT2D eigenvalue weighted by Crippen LogP contribution is -2.38. The van der Waals surface area contributed by atoms with Crippen LogP contribution in [0.25, 0.3) is 11.3 Å². The first-order chi connectivity index (χ1) is 16.0. The predicted octanol–water partition coefficient (Wildman–Crippen LogP) is 4.61. The molecule has 2 aromatic rings. The van der Waals surface area contributed by atoms with E-state index >= 15 is 0 Å². The molecule has 1 aromatic carbocycles. The number of imidazole rings is 1. The lowest BCUT2D eigenvalue weighted by Gasteiger charge is -2.36. The first-order valence-corrected chi connectivity index (χ1v) is 12.0. The van der Waals surface area contributed by atoms with Gasteiger partial charge in [-0.1, -0.05) is 55.5 Å². The van der Waals surface area contributed by atoms with E-state index in [1.807, 2.05) is 31.6 Å². The summed E-state index contributed by atoms with van der Waals surface area (Å²) < 4.78 is 8.40. The van der Waals surface area contributed by atoms with Gasteiger partial charge in [0, 0.05) is 11.0 Å². The van der Waals surface area contributed by atoms with Crippen LogP contribution in [0, 0.1) is 17.3 Å². The maximum Gasteiger partial charge on any atom is 0.311 e.